The second-order valence-corrected chi connectivity index (χ2v) is 9.52. The molecule has 0 aliphatic carbocycles. The molecule has 29 heavy (non-hydrogen) atoms. The summed E-state index contributed by atoms with van der Waals surface area (Å²) in [5.41, 5.74) is 6.51. The van der Waals surface area contributed by atoms with Crippen LogP contribution >= 0.6 is 0 Å². The minimum Gasteiger partial charge on any atom is -0.497 e. The summed E-state index contributed by atoms with van der Waals surface area (Å²) in [5, 5.41) is 0. The van der Waals surface area contributed by atoms with Gasteiger partial charge in [0.15, 0.2) is 0 Å². The van der Waals surface area contributed by atoms with Gasteiger partial charge in [0.05, 0.1) is 12.0 Å². The lowest BCUT2D eigenvalue weighted by atomic mass is 9.94. The van der Waals surface area contributed by atoms with Crippen LogP contribution in [0, 0.1) is 13.8 Å². The lowest BCUT2D eigenvalue weighted by Gasteiger charge is -2.21. The molecule has 5 heteroatoms. The molecule has 150 valence electrons. The molecule has 1 aliphatic rings. The molecule has 1 atom stereocenters. The molecular formula is C24H25NO3S. The van der Waals surface area contributed by atoms with Gasteiger partial charge in [0.25, 0.3) is 0 Å². The Balaban J connectivity index is 1.72. The van der Waals surface area contributed by atoms with Crippen molar-refractivity contribution in [1.82, 2.24) is 4.31 Å². The summed E-state index contributed by atoms with van der Waals surface area (Å²) in [6, 6.07) is 19.0. The van der Waals surface area contributed by atoms with Gasteiger partial charge in [-0.2, -0.15) is 4.31 Å². The molecule has 0 aromatic heterocycles. The van der Waals surface area contributed by atoms with Gasteiger partial charge in [-0.25, -0.2) is 8.42 Å². The van der Waals surface area contributed by atoms with Gasteiger partial charge in [0.2, 0.25) is 10.0 Å². The number of hydrogen-bond donors (Lipinski definition) is 0. The second-order valence-electron chi connectivity index (χ2n) is 7.63. The quantitative estimate of drug-likeness (QED) is 0.594. The second kappa shape index (κ2) is 7.32. The summed E-state index contributed by atoms with van der Waals surface area (Å²) in [6.45, 7) is 6.38. The number of fused-ring (bicyclic) bond motifs is 1. The van der Waals surface area contributed by atoms with Gasteiger partial charge in [-0.05, 0) is 78.9 Å². The van der Waals surface area contributed by atoms with Crippen molar-refractivity contribution in [2.45, 2.75) is 38.3 Å². The smallest absolute Gasteiger partial charge is 0.243 e. The van der Waals surface area contributed by atoms with E-state index in [-0.39, 0.29) is 6.04 Å². The number of benzene rings is 3. The van der Waals surface area contributed by atoms with Crippen LogP contribution < -0.4 is 4.74 Å². The van der Waals surface area contributed by atoms with E-state index in [9.17, 15) is 8.42 Å². The third kappa shape index (κ3) is 3.45. The van der Waals surface area contributed by atoms with Gasteiger partial charge in [-0.1, -0.05) is 35.9 Å². The molecule has 1 unspecified atom stereocenters. The summed E-state index contributed by atoms with van der Waals surface area (Å²) in [7, 11) is -1.91. The van der Waals surface area contributed by atoms with Crippen LogP contribution in [0.25, 0.3) is 11.1 Å². The van der Waals surface area contributed by atoms with E-state index in [1.54, 1.807) is 23.5 Å². The highest BCUT2D eigenvalue weighted by Crippen LogP contribution is 2.41. The molecule has 1 heterocycles. The van der Waals surface area contributed by atoms with Gasteiger partial charge < -0.3 is 4.74 Å². The third-order valence-corrected chi connectivity index (χ3v) is 7.69. The molecule has 3 aromatic carbocycles. The van der Waals surface area contributed by atoms with Crippen molar-refractivity contribution in [2.24, 2.45) is 0 Å². The summed E-state index contributed by atoms with van der Waals surface area (Å²) in [5.74, 6) is 0.815. The molecule has 1 aliphatic heterocycles. The molecule has 4 rings (SSSR count). The van der Waals surface area contributed by atoms with Crippen molar-refractivity contribution in [1.29, 1.82) is 0 Å². The Hall–Kier alpha value is -2.63. The number of rotatable bonds is 4. The maximum Gasteiger partial charge on any atom is 0.243 e. The van der Waals surface area contributed by atoms with Crippen LogP contribution in [0.4, 0.5) is 0 Å². The Morgan fingerprint density at radius 3 is 2.21 bits per heavy atom. The Morgan fingerprint density at radius 2 is 1.59 bits per heavy atom. The zero-order chi connectivity index (χ0) is 20.8. The van der Waals surface area contributed by atoms with Crippen molar-refractivity contribution in [3.8, 4) is 16.9 Å². The predicted molar refractivity (Wildman–Crippen MR) is 115 cm³/mol. The Kier molecular flexibility index (Phi) is 4.97. The number of sulfonamides is 1. The van der Waals surface area contributed by atoms with Crippen molar-refractivity contribution < 1.29 is 13.2 Å². The zero-order valence-electron chi connectivity index (χ0n) is 17.1. The van der Waals surface area contributed by atoms with E-state index >= 15 is 0 Å². The molecule has 0 amide bonds. The third-order valence-electron chi connectivity index (χ3n) is 5.75. The maximum atomic E-state index is 13.3. The minimum atomic E-state index is -3.56. The van der Waals surface area contributed by atoms with Crippen molar-refractivity contribution in [3.63, 3.8) is 0 Å². The molecule has 0 radical (unpaired) electrons. The van der Waals surface area contributed by atoms with E-state index < -0.39 is 10.0 Å². The Bertz CT molecular complexity index is 1150. The van der Waals surface area contributed by atoms with Gasteiger partial charge in [-0.3, -0.25) is 0 Å². The van der Waals surface area contributed by atoms with E-state index in [0.717, 1.165) is 39.1 Å². The average Bonchev–Trinajstić information content (AvgIpc) is 3.06. The summed E-state index contributed by atoms with van der Waals surface area (Å²) in [6.07, 6.45) is 0. The minimum absolute atomic E-state index is 0.215. The molecule has 3 aromatic rings. The van der Waals surface area contributed by atoms with Crippen LogP contribution in [-0.4, -0.2) is 19.8 Å². The lowest BCUT2D eigenvalue weighted by Crippen LogP contribution is -2.28. The topological polar surface area (TPSA) is 46.6 Å². The first kappa shape index (κ1) is 19.7. The predicted octanol–water partition coefficient (Wildman–Crippen LogP) is 5.24. The highest BCUT2D eigenvalue weighted by Gasteiger charge is 2.37. The molecule has 0 saturated carbocycles. The van der Waals surface area contributed by atoms with Crippen molar-refractivity contribution >= 4 is 10.0 Å². The molecule has 0 bridgehead atoms. The van der Waals surface area contributed by atoms with Gasteiger partial charge in [0.1, 0.15) is 5.75 Å². The number of methoxy groups -OCH3 is 1. The average molecular weight is 408 g/mol. The van der Waals surface area contributed by atoms with E-state index in [2.05, 4.69) is 19.1 Å². The SMILES string of the molecule is COc1ccc(-c2cc(C)c3c(c2)C(C)N(S(=O)(=O)c2ccc(C)cc2)C3)cc1. The van der Waals surface area contributed by atoms with E-state index in [1.165, 1.54) is 0 Å². The monoisotopic (exact) mass is 407 g/mol. The van der Waals surface area contributed by atoms with Crippen LogP contribution in [0.15, 0.2) is 65.6 Å². The summed E-state index contributed by atoms with van der Waals surface area (Å²) < 4.78 is 33.4. The van der Waals surface area contributed by atoms with E-state index in [4.69, 9.17) is 4.74 Å². The number of aryl methyl sites for hydroxylation is 2. The molecule has 0 spiro atoms. The first-order valence-corrected chi connectivity index (χ1v) is 11.1. The first-order valence-electron chi connectivity index (χ1n) is 9.67. The molecule has 4 nitrogen and oxygen atoms in total. The largest absolute Gasteiger partial charge is 0.497 e. The fraction of sp³-hybridized carbons (Fsp3) is 0.250. The fourth-order valence-electron chi connectivity index (χ4n) is 3.97. The standard InChI is InChI=1S/C24H25NO3S/c1-16-5-11-22(12-6-16)29(26,27)25-15-24-17(2)13-20(14-23(24)18(25)3)19-7-9-21(28-4)10-8-19/h5-14,18H,15H2,1-4H3. The summed E-state index contributed by atoms with van der Waals surface area (Å²) >= 11 is 0. The van der Waals surface area contributed by atoms with Crippen LogP contribution in [0.2, 0.25) is 0 Å². The normalized spacial score (nSPS) is 16.6. The van der Waals surface area contributed by atoms with Crippen LogP contribution in [0.5, 0.6) is 5.75 Å². The molecular weight excluding hydrogens is 382 g/mol. The maximum absolute atomic E-state index is 13.3. The molecule has 0 fully saturated rings. The number of ether oxygens (including phenoxy) is 1. The highest BCUT2D eigenvalue weighted by atomic mass is 32.2. The first-order chi connectivity index (χ1) is 13.8. The highest BCUT2D eigenvalue weighted by molar-refractivity contribution is 7.89. The van der Waals surface area contributed by atoms with Crippen molar-refractivity contribution in [2.75, 3.05) is 7.11 Å². The Morgan fingerprint density at radius 1 is 0.931 bits per heavy atom. The van der Waals surface area contributed by atoms with E-state index in [0.29, 0.717) is 11.4 Å². The number of nitrogens with zero attached hydrogens (tertiary/aromatic N) is 1. The number of hydrogen-bond acceptors (Lipinski definition) is 3. The molecule has 0 N–H and O–H groups in total. The van der Waals surface area contributed by atoms with Gasteiger partial charge >= 0.3 is 0 Å². The van der Waals surface area contributed by atoms with Gasteiger partial charge in [-0.15, -0.1) is 0 Å². The molecule has 0 saturated heterocycles. The summed E-state index contributed by atoms with van der Waals surface area (Å²) in [4.78, 5) is 0.343. The fourth-order valence-corrected chi connectivity index (χ4v) is 5.55. The van der Waals surface area contributed by atoms with Crippen molar-refractivity contribution in [3.05, 3.63) is 82.9 Å². The van der Waals surface area contributed by atoms with Crippen LogP contribution in [0.1, 0.15) is 35.2 Å². The van der Waals surface area contributed by atoms with Crippen LogP contribution in [-0.2, 0) is 16.6 Å². The van der Waals surface area contributed by atoms with Gasteiger partial charge in [0, 0.05) is 12.6 Å². The lowest BCUT2D eigenvalue weighted by molar-refractivity contribution is 0.370. The Labute approximate surface area is 172 Å². The van der Waals surface area contributed by atoms with E-state index in [1.807, 2.05) is 50.2 Å². The zero-order valence-corrected chi connectivity index (χ0v) is 18.0. The van der Waals surface area contributed by atoms with Crippen LogP contribution in [0.3, 0.4) is 0 Å².